The molecule has 0 unspecified atom stereocenters. The SMILES string of the molecule is C=CN1CCNC1. The average Bonchev–Trinajstić information content (AvgIpc) is 2.14. The average molecular weight is 98.1 g/mol. The minimum atomic E-state index is 0.976. The molecule has 2 nitrogen and oxygen atoms in total. The van der Waals surface area contributed by atoms with E-state index in [9.17, 15) is 0 Å². The largest absolute Gasteiger partial charge is 0.364 e. The lowest BCUT2D eigenvalue weighted by Crippen LogP contribution is -2.14. The van der Waals surface area contributed by atoms with Gasteiger partial charge in [0, 0.05) is 13.1 Å². The maximum Gasteiger partial charge on any atom is 0.0677 e. The molecule has 0 aromatic carbocycles. The van der Waals surface area contributed by atoms with Crippen molar-refractivity contribution in [2.24, 2.45) is 0 Å². The molecule has 1 aliphatic rings. The van der Waals surface area contributed by atoms with Gasteiger partial charge in [0.15, 0.2) is 0 Å². The van der Waals surface area contributed by atoms with Crippen molar-refractivity contribution in [1.29, 1.82) is 0 Å². The van der Waals surface area contributed by atoms with Gasteiger partial charge in [-0.05, 0) is 6.20 Å². The highest BCUT2D eigenvalue weighted by atomic mass is 15.3. The molecule has 1 aliphatic heterocycles. The van der Waals surface area contributed by atoms with Crippen LogP contribution in [0.25, 0.3) is 0 Å². The lowest BCUT2D eigenvalue weighted by Gasteiger charge is -2.06. The third-order valence-electron chi connectivity index (χ3n) is 1.15. The highest BCUT2D eigenvalue weighted by molar-refractivity contribution is 4.75. The van der Waals surface area contributed by atoms with Gasteiger partial charge in [0.1, 0.15) is 0 Å². The van der Waals surface area contributed by atoms with Crippen molar-refractivity contribution in [1.82, 2.24) is 10.2 Å². The molecule has 0 radical (unpaired) electrons. The van der Waals surface area contributed by atoms with Crippen LogP contribution in [-0.4, -0.2) is 24.7 Å². The Bertz CT molecular complexity index is 64.5. The zero-order valence-electron chi connectivity index (χ0n) is 4.35. The van der Waals surface area contributed by atoms with Crippen molar-refractivity contribution >= 4 is 0 Å². The molecule has 1 fully saturated rings. The molecule has 0 amide bonds. The van der Waals surface area contributed by atoms with Crippen LogP contribution < -0.4 is 5.32 Å². The summed E-state index contributed by atoms with van der Waals surface area (Å²) in [5, 5.41) is 3.18. The molecule has 0 atom stereocenters. The Morgan fingerprint density at radius 1 is 1.71 bits per heavy atom. The standard InChI is InChI=1S/C5H10N2/c1-2-7-4-3-6-5-7/h2,6H,1,3-5H2. The highest BCUT2D eigenvalue weighted by Crippen LogP contribution is 1.89. The predicted octanol–water partition coefficient (Wildman–Crippen LogP) is -0.00740. The third-order valence-corrected chi connectivity index (χ3v) is 1.15. The van der Waals surface area contributed by atoms with Gasteiger partial charge < -0.3 is 4.90 Å². The minimum absolute atomic E-state index is 0.976. The van der Waals surface area contributed by atoms with Crippen LogP contribution in [0.2, 0.25) is 0 Å². The van der Waals surface area contributed by atoms with Gasteiger partial charge >= 0.3 is 0 Å². The summed E-state index contributed by atoms with van der Waals surface area (Å²) >= 11 is 0. The Balaban J connectivity index is 2.26. The molecule has 40 valence electrons. The van der Waals surface area contributed by atoms with Crippen LogP contribution in [0.1, 0.15) is 0 Å². The van der Waals surface area contributed by atoms with Crippen LogP contribution >= 0.6 is 0 Å². The first-order chi connectivity index (χ1) is 3.43. The summed E-state index contributed by atoms with van der Waals surface area (Å²) in [6.07, 6.45) is 1.86. The number of nitrogens with one attached hydrogen (secondary N) is 1. The van der Waals surface area contributed by atoms with E-state index in [1.807, 2.05) is 6.20 Å². The quantitative estimate of drug-likeness (QED) is 0.496. The second-order valence-corrected chi connectivity index (χ2v) is 1.65. The maximum atomic E-state index is 3.63. The molecule has 1 heterocycles. The molecule has 0 bridgehead atoms. The van der Waals surface area contributed by atoms with E-state index in [1.54, 1.807) is 0 Å². The van der Waals surface area contributed by atoms with Crippen LogP contribution in [0.15, 0.2) is 12.8 Å². The van der Waals surface area contributed by atoms with E-state index >= 15 is 0 Å². The van der Waals surface area contributed by atoms with Crippen molar-refractivity contribution in [3.8, 4) is 0 Å². The van der Waals surface area contributed by atoms with E-state index in [2.05, 4.69) is 16.8 Å². The van der Waals surface area contributed by atoms with E-state index in [0.29, 0.717) is 0 Å². The summed E-state index contributed by atoms with van der Waals surface area (Å²) in [5.74, 6) is 0. The molecule has 1 saturated heterocycles. The van der Waals surface area contributed by atoms with Crippen molar-refractivity contribution < 1.29 is 0 Å². The van der Waals surface area contributed by atoms with Gasteiger partial charge in [0.2, 0.25) is 0 Å². The highest BCUT2D eigenvalue weighted by Gasteiger charge is 2.02. The molecule has 2 heteroatoms. The maximum absolute atomic E-state index is 3.63. The van der Waals surface area contributed by atoms with Crippen LogP contribution in [0.4, 0.5) is 0 Å². The van der Waals surface area contributed by atoms with Crippen LogP contribution in [0.5, 0.6) is 0 Å². The van der Waals surface area contributed by atoms with Crippen molar-refractivity contribution in [3.63, 3.8) is 0 Å². The lowest BCUT2D eigenvalue weighted by molar-refractivity contribution is 0.463. The third kappa shape index (κ3) is 0.933. The number of hydrogen-bond acceptors (Lipinski definition) is 2. The van der Waals surface area contributed by atoms with E-state index in [0.717, 1.165) is 19.8 Å². The van der Waals surface area contributed by atoms with Crippen LogP contribution in [0.3, 0.4) is 0 Å². The molecule has 7 heavy (non-hydrogen) atoms. The summed E-state index contributed by atoms with van der Waals surface area (Å²) in [7, 11) is 0. The Hall–Kier alpha value is -0.500. The monoisotopic (exact) mass is 98.1 g/mol. The normalized spacial score (nSPS) is 20.3. The predicted molar refractivity (Wildman–Crippen MR) is 29.8 cm³/mol. The zero-order valence-corrected chi connectivity index (χ0v) is 4.35. The van der Waals surface area contributed by atoms with Gasteiger partial charge in [-0.25, -0.2) is 0 Å². The van der Waals surface area contributed by atoms with Gasteiger partial charge in [0.05, 0.1) is 6.67 Å². The number of nitrogens with zero attached hydrogens (tertiary/aromatic N) is 1. The second-order valence-electron chi connectivity index (χ2n) is 1.65. The molecule has 1 N–H and O–H groups in total. The topological polar surface area (TPSA) is 15.3 Å². The van der Waals surface area contributed by atoms with E-state index in [1.165, 1.54) is 0 Å². The summed E-state index contributed by atoms with van der Waals surface area (Å²) < 4.78 is 0. The lowest BCUT2D eigenvalue weighted by atomic mass is 10.6. The Morgan fingerprint density at radius 2 is 2.57 bits per heavy atom. The van der Waals surface area contributed by atoms with E-state index in [4.69, 9.17) is 0 Å². The first-order valence-electron chi connectivity index (χ1n) is 2.51. The number of hydrogen-bond donors (Lipinski definition) is 1. The number of rotatable bonds is 1. The molecule has 0 saturated carbocycles. The van der Waals surface area contributed by atoms with Gasteiger partial charge in [-0.3, -0.25) is 5.32 Å². The second kappa shape index (κ2) is 1.98. The Kier molecular flexibility index (Phi) is 1.32. The zero-order chi connectivity index (χ0) is 5.11. The van der Waals surface area contributed by atoms with Crippen LogP contribution in [-0.2, 0) is 0 Å². The molecule has 0 aromatic heterocycles. The summed E-state index contributed by atoms with van der Waals surface area (Å²) in [6.45, 7) is 6.82. The van der Waals surface area contributed by atoms with Crippen molar-refractivity contribution in [3.05, 3.63) is 12.8 Å². The molecule has 0 aliphatic carbocycles. The van der Waals surface area contributed by atoms with Gasteiger partial charge in [-0.15, -0.1) is 0 Å². The Labute approximate surface area is 43.8 Å². The molecule has 0 spiro atoms. The van der Waals surface area contributed by atoms with Crippen LogP contribution in [0, 0.1) is 0 Å². The van der Waals surface area contributed by atoms with Gasteiger partial charge in [0.25, 0.3) is 0 Å². The molecule has 1 rings (SSSR count). The summed E-state index contributed by atoms with van der Waals surface area (Å²) in [5.41, 5.74) is 0. The smallest absolute Gasteiger partial charge is 0.0677 e. The van der Waals surface area contributed by atoms with Gasteiger partial charge in [-0.1, -0.05) is 6.58 Å². The molecular formula is C5H10N2. The Morgan fingerprint density at radius 3 is 2.86 bits per heavy atom. The molecular weight excluding hydrogens is 88.1 g/mol. The molecule has 0 aromatic rings. The summed E-state index contributed by atoms with van der Waals surface area (Å²) in [6, 6.07) is 0. The van der Waals surface area contributed by atoms with Crippen molar-refractivity contribution in [2.75, 3.05) is 19.8 Å². The van der Waals surface area contributed by atoms with E-state index in [-0.39, 0.29) is 0 Å². The van der Waals surface area contributed by atoms with Crippen molar-refractivity contribution in [2.45, 2.75) is 0 Å². The first kappa shape index (κ1) is 4.65. The fourth-order valence-electron chi connectivity index (χ4n) is 0.680. The fourth-order valence-corrected chi connectivity index (χ4v) is 0.680. The fraction of sp³-hybridized carbons (Fsp3) is 0.600. The minimum Gasteiger partial charge on any atom is -0.364 e. The van der Waals surface area contributed by atoms with Gasteiger partial charge in [-0.2, -0.15) is 0 Å². The van der Waals surface area contributed by atoms with E-state index < -0.39 is 0 Å². The summed E-state index contributed by atoms with van der Waals surface area (Å²) in [4.78, 5) is 2.14. The first-order valence-corrected chi connectivity index (χ1v) is 2.51.